The molecule has 2 N–H and O–H groups in total. The third-order valence-electron chi connectivity index (χ3n) is 1.11. The van der Waals surface area contributed by atoms with Crippen LogP contribution in [0.25, 0.3) is 0 Å². The van der Waals surface area contributed by atoms with E-state index in [1.807, 2.05) is 0 Å². The molecule has 5 heteroatoms. The third kappa shape index (κ3) is 3.41. The third-order valence-corrected chi connectivity index (χ3v) is 2.44. The molecule has 0 fully saturated rings. The molecular formula is C5H10O4P+. The van der Waals surface area contributed by atoms with Gasteiger partial charge in [-0.3, -0.25) is 4.79 Å². The summed E-state index contributed by atoms with van der Waals surface area (Å²) in [6.45, 7) is 1.74. The van der Waals surface area contributed by atoms with E-state index in [9.17, 15) is 9.59 Å². The van der Waals surface area contributed by atoms with E-state index < -0.39 is 17.6 Å². The smallest absolute Gasteiger partial charge is 0.344 e. The van der Waals surface area contributed by atoms with Gasteiger partial charge >= 0.3 is 11.9 Å². The Kier molecular flexibility index (Phi) is 3.96. The van der Waals surface area contributed by atoms with Crippen molar-refractivity contribution in [2.45, 2.75) is 12.1 Å². The second-order valence-corrected chi connectivity index (χ2v) is 3.35. The normalized spacial score (nSPS) is 13.7. The molecule has 0 amide bonds. The molecule has 0 aliphatic carbocycles. The van der Waals surface area contributed by atoms with Gasteiger partial charge in [-0.25, -0.2) is 4.79 Å². The second-order valence-electron chi connectivity index (χ2n) is 1.88. The molecule has 0 rings (SSSR count). The van der Waals surface area contributed by atoms with E-state index >= 15 is 0 Å². The van der Waals surface area contributed by atoms with Crippen LogP contribution < -0.4 is 0 Å². The molecule has 10 heavy (non-hydrogen) atoms. The van der Waals surface area contributed by atoms with Gasteiger partial charge in [0.2, 0.25) is 0 Å². The van der Waals surface area contributed by atoms with Crippen molar-refractivity contribution in [1.29, 1.82) is 0 Å². The first-order chi connectivity index (χ1) is 4.57. The minimum absolute atomic E-state index is 0.249. The quantitative estimate of drug-likeness (QED) is 0.573. The van der Waals surface area contributed by atoms with Crippen molar-refractivity contribution in [1.82, 2.24) is 0 Å². The van der Waals surface area contributed by atoms with Crippen LogP contribution in [-0.4, -0.2) is 34.5 Å². The number of carbonyl (C=O) groups is 2. The lowest BCUT2D eigenvalue weighted by Crippen LogP contribution is -2.18. The highest BCUT2D eigenvalue weighted by Crippen LogP contribution is 2.17. The van der Waals surface area contributed by atoms with Crippen LogP contribution in [-0.2, 0) is 9.59 Å². The van der Waals surface area contributed by atoms with Crippen LogP contribution in [0, 0.1) is 0 Å². The Hall–Kier alpha value is -0.630. The standard InChI is InChI=1S/C5H9O4P/c1-10-3(5(8)9)2-4(6)7/h3,10H,2H2,1H3,(H,6,7)(H,8,9)/p+1. The molecule has 0 aromatic heterocycles. The van der Waals surface area contributed by atoms with Crippen molar-refractivity contribution in [2.24, 2.45) is 0 Å². The van der Waals surface area contributed by atoms with E-state index in [0.29, 0.717) is 0 Å². The zero-order valence-electron chi connectivity index (χ0n) is 5.57. The highest BCUT2D eigenvalue weighted by Gasteiger charge is 2.23. The fourth-order valence-electron chi connectivity index (χ4n) is 0.536. The summed E-state index contributed by atoms with van der Waals surface area (Å²) in [5, 5.41) is 16.6. The summed E-state index contributed by atoms with van der Waals surface area (Å²) >= 11 is 0. The number of hydrogen-bond acceptors (Lipinski definition) is 2. The summed E-state index contributed by atoms with van der Waals surface area (Å²) in [4.78, 5) is 20.2. The van der Waals surface area contributed by atoms with E-state index in [1.54, 1.807) is 6.66 Å². The molecule has 0 saturated carbocycles. The molecule has 0 aliphatic heterocycles. The molecule has 0 aromatic rings. The van der Waals surface area contributed by atoms with Crippen molar-refractivity contribution < 1.29 is 19.8 Å². The van der Waals surface area contributed by atoms with Crippen molar-refractivity contribution >= 4 is 20.5 Å². The first-order valence-corrected chi connectivity index (χ1v) is 4.64. The summed E-state index contributed by atoms with van der Waals surface area (Å²) in [6.07, 6.45) is -0.249. The summed E-state index contributed by atoms with van der Waals surface area (Å²) < 4.78 is 0. The van der Waals surface area contributed by atoms with Gasteiger partial charge in [0.25, 0.3) is 0 Å². The Balaban J connectivity index is 3.83. The van der Waals surface area contributed by atoms with Gasteiger partial charge in [-0.15, -0.1) is 0 Å². The average Bonchev–Trinajstić information content (AvgIpc) is 1.81. The van der Waals surface area contributed by atoms with Gasteiger partial charge in [0.05, 0.1) is 6.42 Å². The van der Waals surface area contributed by atoms with Crippen molar-refractivity contribution in [2.75, 3.05) is 6.66 Å². The Morgan fingerprint density at radius 3 is 2.10 bits per heavy atom. The fourth-order valence-corrected chi connectivity index (χ4v) is 1.26. The Labute approximate surface area is 60.0 Å². The lowest BCUT2D eigenvalue weighted by molar-refractivity contribution is -0.143. The molecule has 0 spiro atoms. The lowest BCUT2D eigenvalue weighted by atomic mass is 10.3. The van der Waals surface area contributed by atoms with Crippen LogP contribution in [0.1, 0.15) is 6.42 Å². The first kappa shape index (κ1) is 9.37. The Bertz CT molecular complexity index is 145. The van der Waals surface area contributed by atoms with Crippen LogP contribution in [0.5, 0.6) is 0 Å². The number of carboxylic acid groups (broad SMARTS) is 2. The SMILES string of the molecule is C[PH2+]C(CC(=O)O)C(=O)O. The molecule has 0 bridgehead atoms. The predicted molar refractivity (Wildman–Crippen MR) is 39.3 cm³/mol. The number of carboxylic acids is 2. The monoisotopic (exact) mass is 165 g/mol. The van der Waals surface area contributed by atoms with Gasteiger partial charge in [0.15, 0.2) is 5.66 Å². The molecule has 58 valence electrons. The zero-order chi connectivity index (χ0) is 8.15. The second kappa shape index (κ2) is 4.23. The zero-order valence-corrected chi connectivity index (χ0v) is 6.73. The number of aliphatic carboxylic acids is 2. The molecule has 0 heterocycles. The first-order valence-electron chi connectivity index (χ1n) is 2.82. The summed E-state index contributed by atoms with van der Waals surface area (Å²) in [6, 6.07) is 0. The minimum atomic E-state index is -1.04. The number of hydrogen-bond donors (Lipinski definition) is 2. The van der Waals surface area contributed by atoms with Crippen molar-refractivity contribution in [3.8, 4) is 0 Å². The summed E-state index contributed by atoms with van der Waals surface area (Å²) in [5.41, 5.74) is -0.655. The van der Waals surface area contributed by atoms with E-state index in [4.69, 9.17) is 10.2 Å². The summed E-state index contributed by atoms with van der Waals surface area (Å²) in [5.74, 6) is -2.04. The van der Waals surface area contributed by atoms with Crippen LogP contribution in [0.4, 0.5) is 0 Å². The maximum atomic E-state index is 10.2. The highest BCUT2D eigenvalue weighted by molar-refractivity contribution is 7.39. The van der Waals surface area contributed by atoms with Gasteiger partial charge in [-0.05, 0) is 8.58 Å². The van der Waals surface area contributed by atoms with E-state index in [0.717, 1.165) is 0 Å². The molecular weight excluding hydrogens is 155 g/mol. The highest BCUT2D eigenvalue weighted by atomic mass is 31.1. The lowest BCUT2D eigenvalue weighted by Gasteiger charge is -1.98. The van der Waals surface area contributed by atoms with E-state index in [-0.39, 0.29) is 15.0 Å². The summed E-state index contributed by atoms with van der Waals surface area (Å²) in [7, 11) is -0.301. The van der Waals surface area contributed by atoms with E-state index in [2.05, 4.69) is 0 Å². The predicted octanol–water partition coefficient (Wildman–Crippen LogP) is -0.0451. The topological polar surface area (TPSA) is 74.6 Å². The van der Waals surface area contributed by atoms with Gasteiger partial charge in [-0.1, -0.05) is 0 Å². The van der Waals surface area contributed by atoms with Crippen molar-refractivity contribution in [3.63, 3.8) is 0 Å². The minimum Gasteiger partial charge on any atom is -0.481 e. The van der Waals surface area contributed by atoms with Crippen LogP contribution in [0.15, 0.2) is 0 Å². The Morgan fingerprint density at radius 2 is 2.00 bits per heavy atom. The molecule has 2 unspecified atom stereocenters. The molecule has 2 atom stereocenters. The van der Waals surface area contributed by atoms with Gasteiger partial charge < -0.3 is 10.2 Å². The molecule has 0 radical (unpaired) electrons. The van der Waals surface area contributed by atoms with Crippen LogP contribution in [0.3, 0.4) is 0 Å². The Morgan fingerprint density at radius 1 is 1.50 bits per heavy atom. The van der Waals surface area contributed by atoms with Crippen LogP contribution >= 0.6 is 8.58 Å². The maximum absolute atomic E-state index is 10.2. The average molecular weight is 165 g/mol. The maximum Gasteiger partial charge on any atom is 0.344 e. The molecule has 0 saturated heterocycles. The van der Waals surface area contributed by atoms with Gasteiger partial charge in [0, 0.05) is 6.66 Å². The number of rotatable bonds is 4. The van der Waals surface area contributed by atoms with Crippen LogP contribution in [0.2, 0.25) is 0 Å². The van der Waals surface area contributed by atoms with Crippen molar-refractivity contribution in [3.05, 3.63) is 0 Å². The molecule has 0 aromatic carbocycles. The fraction of sp³-hybridized carbons (Fsp3) is 0.600. The van der Waals surface area contributed by atoms with Gasteiger partial charge in [-0.2, -0.15) is 0 Å². The molecule has 0 aliphatic rings. The van der Waals surface area contributed by atoms with E-state index in [1.165, 1.54) is 0 Å². The van der Waals surface area contributed by atoms with Gasteiger partial charge in [0.1, 0.15) is 0 Å². The largest absolute Gasteiger partial charge is 0.481 e. The molecule has 4 nitrogen and oxygen atoms in total.